The molecule has 3 heterocycles. The van der Waals surface area contributed by atoms with Gasteiger partial charge >= 0.3 is 6.03 Å². The maximum atomic E-state index is 13.1. The average molecular weight is 478 g/mol. The van der Waals surface area contributed by atoms with Gasteiger partial charge in [0.1, 0.15) is 0 Å². The molecule has 1 aliphatic heterocycles. The third kappa shape index (κ3) is 6.26. The van der Waals surface area contributed by atoms with Crippen molar-refractivity contribution in [1.82, 2.24) is 19.8 Å². The van der Waals surface area contributed by atoms with Gasteiger partial charge in [-0.2, -0.15) is 0 Å². The van der Waals surface area contributed by atoms with Crippen molar-refractivity contribution < 1.29 is 14.3 Å². The molecule has 0 saturated carbocycles. The van der Waals surface area contributed by atoms with Gasteiger partial charge in [0.2, 0.25) is 5.88 Å². The zero-order chi connectivity index (χ0) is 24.8. The Morgan fingerprint density at radius 2 is 1.77 bits per heavy atom. The minimum atomic E-state index is -0.0421. The molecular weight excluding hydrogens is 442 g/mol. The summed E-state index contributed by atoms with van der Waals surface area (Å²) >= 11 is 0. The van der Waals surface area contributed by atoms with Crippen LogP contribution in [0.4, 0.5) is 10.5 Å². The summed E-state index contributed by atoms with van der Waals surface area (Å²) in [5.74, 6) is 0.631. The summed E-state index contributed by atoms with van der Waals surface area (Å²) in [4.78, 5) is 27.8. The van der Waals surface area contributed by atoms with Crippen LogP contribution in [0.1, 0.15) is 19.3 Å². The number of anilines is 1. The van der Waals surface area contributed by atoms with E-state index in [4.69, 9.17) is 9.47 Å². The first-order valence-electron chi connectivity index (χ1n) is 12.1. The number of hydrogen-bond donors (Lipinski definition) is 0. The molecule has 0 N–H and O–H groups in total. The van der Waals surface area contributed by atoms with Crippen molar-refractivity contribution in [3.8, 4) is 17.0 Å². The van der Waals surface area contributed by atoms with Crippen molar-refractivity contribution in [3.63, 3.8) is 0 Å². The largest absolute Gasteiger partial charge is 0.478 e. The number of pyridine rings is 2. The monoisotopic (exact) mass is 477 g/mol. The summed E-state index contributed by atoms with van der Waals surface area (Å²) in [6, 6.07) is 12.2. The van der Waals surface area contributed by atoms with E-state index in [2.05, 4.69) is 35.0 Å². The van der Waals surface area contributed by atoms with Gasteiger partial charge in [0, 0.05) is 63.1 Å². The normalized spacial score (nSPS) is 14.3. The molecule has 2 amide bonds. The lowest BCUT2D eigenvalue weighted by molar-refractivity contribution is 0.0537. The number of fused-ring (bicyclic) bond motifs is 1. The van der Waals surface area contributed by atoms with E-state index in [0.717, 1.165) is 53.5 Å². The highest BCUT2D eigenvalue weighted by atomic mass is 16.5. The van der Waals surface area contributed by atoms with Crippen molar-refractivity contribution in [1.29, 1.82) is 0 Å². The second kappa shape index (κ2) is 11.5. The van der Waals surface area contributed by atoms with Crippen molar-refractivity contribution in [2.75, 3.05) is 59.5 Å². The van der Waals surface area contributed by atoms with Crippen molar-refractivity contribution in [3.05, 3.63) is 48.8 Å². The molecule has 8 nitrogen and oxygen atoms in total. The van der Waals surface area contributed by atoms with Crippen molar-refractivity contribution >= 4 is 22.6 Å². The van der Waals surface area contributed by atoms with Gasteiger partial charge in [-0.3, -0.25) is 9.88 Å². The molecule has 0 atom stereocenters. The Kier molecular flexibility index (Phi) is 8.15. The molecule has 0 spiro atoms. The zero-order valence-corrected chi connectivity index (χ0v) is 21.1. The molecule has 0 aliphatic carbocycles. The fourth-order valence-electron chi connectivity index (χ4n) is 4.25. The number of aromatic nitrogens is 2. The second-order valence-corrected chi connectivity index (χ2v) is 9.29. The summed E-state index contributed by atoms with van der Waals surface area (Å²) in [5, 5.41) is 0.970. The van der Waals surface area contributed by atoms with Gasteiger partial charge in [0.05, 0.1) is 24.0 Å². The Hall–Kier alpha value is -3.23. The number of benzene rings is 1. The SMILES string of the molecule is CN(C)CCCOc1ccc(-c2ccc3ncc(N(C)C(=O)N(C)C4CCOCC4)cc3c2)cn1. The van der Waals surface area contributed by atoms with Gasteiger partial charge in [-0.1, -0.05) is 6.07 Å². The molecule has 1 fully saturated rings. The van der Waals surface area contributed by atoms with Crippen LogP contribution in [0, 0.1) is 0 Å². The topological polar surface area (TPSA) is 71.0 Å². The number of ether oxygens (including phenoxy) is 2. The number of urea groups is 1. The highest BCUT2D eigenvalue weighted by Gasteiger charge is 2.25. The van der Waals surface area contributed by atoms with Gasteiger partial charge in [0.15, 0.2) is 0 Å². The van der Waals surface area contributed by atoms with Crippen LogP contribution in [0.2, 0.25) is 0 Å². The maximum Gasteiger partial charge on any atom is 0.324 e. The van der Waals surface area contributed by atoms with Gasteiger partial charge in [-0.05, 0) is 63.2 Å². The Morgan fingerprint density at radius 1 is 1.00 bits per heavy atom. The molecule has 1 saturated heterocycles. The lowest BCUT2D eigenvalue weighted by Crippen LogP contribution is -2.46. The first-order chi connectivity index (χ1) is 16.9. The van der Waals surface area contributed by atoms with Crippen LogP contribution in [-0.4, -0.2) is 86.4 Å². The van der Waals surface area contributed by atoms with Crippen LogP contribution in [0.3, 0.4) is 0 Å². The Labute approximate surface area is 207 Å². The average Bonchev–Trinajstić information content (AvgIpc) is 2.90. The highest BCUT2D eigenvalue weighted by molar-refractivity contribution is 5.94. The molecule has 3 aromatic rings. The van der Waals surface area contributed by atoms with Crippen LogP contribution in [0.5, 0.6) is 5.88 Å². The number of nitrogens with zero attached hydrogens (tertiary/aromatic N) is 5. The Balaban J connectivity index is 1.46. The quantitative estimate of drug-likeness (QED) is 0.451. The van der Waals surface area contributed by atoms with Gasteiger partial charge in [-0.15, -0.1) is 0 Å². The minimum absolute atomic E-state index is 0.0421. The van der Waals surface area contributed by atoms with Crippen molar-refractivity contribution in [2.45, 2.75) is 25.3 Å². The van der Waals surface area contributed by atoms with E-state index in [9.17, 15) is 4.79 Å². The minimum Gasteiger partial charge on any atom is -0.478 e. The fraction of sp³-hybridized carbons (Fsp3) is 0.444. The van der Waals surface area contributed by atoms with E-state index in [0.29, 0.717) is 25.7 Å². The summed E-state index contributed by atoms with van der Waals surface area (Å²) in [6.45, 7) is 3.03. The highest BCUT2D eigenvalue weighted by Crippen LogP contribution is 2.27. The predicted octanol–water partition coefficient (Wildman–Crippen LogP) is 4.29. The van der Waals surface area contributed by atoms with E-state index in [1.165, 1.54) is 0 Å². The Bertz CT molecular complexity index is 1130. The van der Waals surface area contributed by atoms with E-state index in [-0.39, 0.29) is 12.1 Å². The first-order valence-corrected chi connectivity index (χ1v) is 12.1. The molecule has 0 radical (unpaired) electrons. The molecule has 0 unspecified atom stereocenters. The summed E-state index contributed by atoms with van der Waals surface area (Å²) in [6.07, 6.45) is 6.27. The van der Waals surface area contributed by atoms with E-state index in [1.54, 1.807) is 18.1 Å². The van der Waals surface area contributed by atoms with Crippen molar-refractivity contribution in [2.24, 2.45) is 0 Å². The Morgan fingerprint density at radius 3 is 2.49 bits per heavy atom. The molecule has 0 bridgehead atoms. The molecule has 1 aliphatic rings. The lowest BCUT2D eigenvalue weighted by Gasteiger charge is -2.34. The van der Waals surface area contributed by atoms with Crippen LogP contribution in [0.25, 0.3) is 22.0 Å². The molecule has 1 aromatic carbocycles. The van der Waals surface area contributed by atoms with E-state index < -0.39 is 0 Å². The molecule has 35 heavy (non-hydrogen) atoms. The van der Waals surface area contributed by atoms with Crippen LogP contribution >= 0.6 is 0 Å². The van der Waals surface area contributed by atoms with E-state index >= 15 is 0 Å². The number of amides is 2. The second-order valence-electron chi connectivity index (χ2n) is 9.29. The smallest absolute Gasteiger partial charge is 0.324 e. The summed E-state index contributed by atoms with van der Waals surface area (Å²) in [7, 11) is 7.77. The molecular formula is C27H35N5O3. The van der Waals surface area contributed by atoms with Crippen LogP contribution in [-0.2, 0) is 4.74 Å². The predicted molar refractivity (Wildman–Crippen MR) is 139 cm³/mol. The molecule has 186 valence electrons. The number of hydrogen-bond acceptors (Lipinski definition) is 6. The number of carbonyl (C=O) groups excluding carboxylic acids is 1. The maximum absolute atomic E-state index is 13.1. The standard InChI is InChI=1S/C27H35N5O3/c1-30(2)12-5-13-35-26-9-7-21(18-29-26)20-6-8-25-22(16-20)17-24(19-28-25)32(4)27(33)31(3)23-10-14-34-15-11-23/h6-9,16-19,23H,5,10-15H2,1-4H3. The molecule has 8 heteroatoms. The zero-order valence-electron chi connectivity index (χ0n) is 21.1. The summed E-state index contributed by atoms with van der Waals surface area (Å²) in [5.41, 5.74) is 3.68. The number of rotatable bonds is 8. The molecule has 2 aromatic heterocycles. The van der Waals surface area contributed by atoms with Gasteiger partial charge < -0.3 is 19.3 Å². The number of carbonyl (C=O) groups is 1. The first kappa shape index (κ1) is 24.9. The molecule has 4 rings (SSSR count). The van der Waals surface area contributed by atoms with Gasteiger partial charge in [0.25, 0.3) is 0 Å². The summed E-state index contributed by atoms with van der Waals surface area (Å²) < 4.78 is 11.2. The van der Waals surface area contributed by atoms with Gasteiger partial charge in [-0.25, -0.2) is 9.78 Å². The fourth-order valence-corrected chi connectivity index (χ4v) is 4.25. The van der Waals surface area contributed by atoms with Crippen LogP contribution in [0.15, 0.2) is 48.8 Å². The van der Waals surface area contributed by atoms with Crippen LogP contribution < -0.4 is 9.64 Å². The third-order valence-electron chi connectivity index (χ3n) is 6.45. The van der Waals surface area contributed by atoms with E-state index in [1.807, 2.05) is 48.5 Å². The third-order valence-corrected chi connectivity index (χ3v) is 6.45. The lowest BCUT2D eigenvalue weighted by atomic mass is 10.0.